The van der Waals surface area contributed by atoms with Crippen LogP contribution in [0.4, 0.5) is 0 Å². The molecule has 0 aliphatic heterocycles. The van der Waals surface area contributed by atoms with E-state index in [0.29, 0.717) is 6.04 Å². The number of nitrogens with one attached hydrogen (secondary N) is 1. The lowest BCUT2D eigenvalue weighted by atomic mass is 10.3. The number of thiophene rings is 1. The summed E-state index contributed by atoms with van der Waals surface area (Å²) in [5.74, 6) is 1.05. The van der Waals surface area contributed by atoms with Gasteiger partial charge in [-0.05, 0) is 46.1 Å². The average Bonchev–Trinajstić information content (AvgIpc) is 2.90. The molecule has 0 saturated carbocycles. The summed E-state index contributed by atoms with van der Waals surface area (Å²) >= 11 is 7.31. The number of hydrogen-bond acceptors (Lipinski definition) is 3. The zero-order valence-electron chi connectivity index (χ0n) is 10.2. The molecule has 1 heterocycles. The molecule has 0 aliphatic carbocycles. The Kier molecular flexibility index (Phi) is 5.76. The molecule has 1 unspecified atom stereocenters. The highest BCUT2D eigenvalue weighted by Crippen LogP contribution is 2.31. The van der Waals surface area contributed by atoms with Crippen molar-refractivity contribution in [3.05, 3.63) is 51.1 Å². The van der Waals surface area contributed by atoms with Gasteiger partial charge in [-0.15, -0.1) is 23.1 Å². The molecule has 18 heavy (non-hydrogen) atoms. The molecule has 1 nitrogen and oxygen atoms in total. The molecule has 0 aliphatic rings. The van der Waals surface area contributed by atoms with Crippen molar-refractivity contribution in [2.45, 2.75) is 17.9 Å². The van der Waals surface area contributed by atoms with Crippen LogP contribution in [0.25, 0.3) is 0 Å². The van der Waals surface area contributed by atoms with Crippen molar-refractivity contribution in [3.63, 3.8) is 0 Å². The molecule has 0 saturated heterocycles. The van der Waals surface area contributed by atoms with Gasteiger partial charge < -0.3 is 5.32 Å². The molecule has 0 spiro atoms. The second-order valence-corrected chi connectivity index (χ2v) is 6.76. The zero-order valence-corrected chi connectivity index (χ0v) is 13.4. The summed E-state index contributed by atoms with van der Waals surface area (Å²) in [7, 11) is 0. The predicted molar refractivity (Wildman–Crippen MR) is 85.6 cm³/mol. The van der Waals surface area contributed by atoms with Gasteiger partial charge >= 0.3 is 0 Å². The van der Waals surface area contributed by atoms with Crippen LogP contribution in [0.5, 0.6) is 0 Å². The van der Waals surface area contributed by atoms with Crippen LogP contribution >= 0.6 is 39.0 Å². The Bertz CT molecular complexity index is 470. The number of hydrogen-bond donors (Lipinski definition) is 1. The minimum Gasteiger partial charge on any atom is -0.309 e. The van der Waals surface area contributed by atoms with Crippen molar-refractivity contribution in [3.8, 4) is 0 Å². The summed E-state index contributed by atoms with van der Waals surface area (Å²) in [6.07, 6.45) is 0. The normalized spacial score (nSPS) is 12.6. The second kappa shape index (κ2) is 7.34. The lowest BCUT2D eigenvalue weighted by Crippen LogP contribution is -2.21. The highest BCUT2D eigenvalue weighted by Gasteiger charge is 2.12. The Balaban J connectivity index is 2.00. The zero-order chi connectivity index (χ0) is 12.8. The number of thioether (sulfide) groups is 1. The van der Waals surface area contributed by atoms with Gasteiger partial charge in [0.1, 0.15) is 0 Å². The minimum absolute atomic E-state index is 0.437. The van der Waals surface area contributed by atoms with E-state index in [1.54, 1.807) is 0 Å². The predicted octanol–water partition coefficient (Wildman–Crippen LogP) is 4.95. The third-order valence-corrected chi connectivity index (χ3v) is 5.69. The summed E-state index contributed by atoms with van der Waals surface area (Å²) in [6, 6.07) is 13.1. The Hall–Kier alpha value is -0.290. The molecule has 1 atom stereocenters. The summed E-state index contributed by atoms with van der Waals surface area (Å²) in [4.78, 5) is 2.72. The van der Waals surface area contributed by atoms with Gasteiger partial charge in [-0.2, -0.15) is 0 Å². The first kappa shape index (κ1) is 14.1. The summed E-state index contributed by atoms with van der Waals surface area (Å²) in [5, 5.41) is 5.69. The fourth-order valence-corrected chi connectivity index (χ4v) is 4.27. The topological polar surface area (TPSA) is 12.0 Å². The van der Waals surface area contributed by atoms with Crippen LogP contribution in [-0.2, 0) is 0 Å². The fraction of sp³-hybridized carbons (Fsp3) is 0.286. The van der Waals surface area contributed by atoms with Gasteiger partial charge in [0.2, 0.25) is 0 Å². The van der Waals surface area contributed by atoms with E-state index in [2.05, 4.69) is 69.9 Å². The van der Waals surface area contributed by atoms with Crippen molar-refractivity contribution < 1.29 is 0 Å². The molecule has 4 heteroatoms. The largest absolute Gasteiger partial charge is 0.309 e. The molecule has 0 radical (unpaired) electrons. The van der Waals surface area contributed by atoms with Gasteiger partial charge in [0.15, 0.2) is 0 Å². The summed E-state index contributed by atoms with van der Waals surface area (Å²) < 4.78 is 1.18. The van der Waals surface area contributed by atoms with Crippen LogP contribution in [0.1, 0.15) is 17.8 Å². The minimum atomic E-state index is 0.437. The van der Waals surface area contributed by atoms with Gasteiger partial charge in [0, 0.05) is 20.0 Å². The van der Waals surface area contributed by atoms with Crippen molar-refractivity contribution in [1.82, 2.24) is 5.32 Å². The van der Waals surface area contributed by atoms with E-state index in [-0.39, 0.29) is 0 Å². The maximum absolute atomic E-state index is 3.60. The van der Waals surface area contributed by atoms with E-state index >= 15 is 0 Å². The van der Waals surface area contributed by atoms with E-state index in [0.717, 1.165) is 12.3 Å². The molecule has 1 N–H and O–H groups in total. The summed E-state index contributed by atoms with van der Waals surface area (Å²) in [5.41, 5.74) is 0. The fourth-order valence-electron chi connectivity index (χ4n) is 1.71. The second-order valence-electron chi connectivity index (χ2n) is 3.87. The molecule has 0 bridgehead atoms. The van der Waals surface area contributed by atoms with E-state index in [9.17, 15) is 0 Å². The Morgan fingerprint density at radius 2 is 2.11 bits per heavy atom. The van der Waals surface area contributed by atoms with Crippen LogP contribution < -0.4 is 5.32 Å². The first-order chi connectivity index (χ1) is 8.81. The lowest BCUT2D eigenvalue weighted by Gasteiger charge is -2.16. The molecular formula is C14H16BrNS2. The number of benzene rings is 1. The van der Waals surface area contributed by atoms with Crippen molar-refractivity contribution in [1.29, 1.82) is 0 Å². The van der Waals surface area contributed by atoms with Crippen molar-refractivity contribution >= 4 is 39.0 Å². The highest BCUT2D eigenvalue weighted by atomic mass is 79.9. The van der Waals surface area contributed by atoms with Crippen LogP contribution in [0.15, 0.2) is 51.1 Å². The Labute approximate surface area is 125 Å². The molecule has 2 aromatic rings. The van der Waals surface area contributed by atoms with Gasteiger partial charge in [-0.3, -0.25) is 0 Å². The Morgan fingerprint density at radius 3 is 2.78 bits per heavy atom. The first-order valence-corrected chi connectivity index (χ1v) is 8.61. The van der Waals surface area contributed by atoms with E-state index < -0.39 is 0 Å². The van der Waals surface area contributed by atoms with Gasteiger partial charge in [0.05, 0.1) is 6.04 Å². The standard InChI is InChI=1S/C14H16BrNS2/c1-2-16-12(14-8-5-9-17-14)10-18-13-7-4-3-6-11(13)15/h3-9,12,16H,2,10H2,1H3. The maximum atomic E-state index is 3.60. The van der Waals surface area contributed by atoms with Gasteiger partial charge in [0.25, 0.3) is 0 Å². The molecule has 0 amide bonds. The van der Waals surface area contributed by atoms with Gasteiger partial charge in [-0.25, -0.2) is 0 Å². The third-order valence-electron chi connectivity index (χ3n) is 2.58. The van der Waals surface area contributed by atoms with E-state index in [1.165, 1.54) is 14.2 Å². The molecule has 1 aromatic carbocycles. The number of rotatable bonds is 6. The lowest BCUT2D eigenvalue weighted by molar-refractivity contribution is 0.615. The van der Waals surface area contributed by atoms with Crippen LogP contribution in [-0.4, -0.2) is 12.3 Å². The number of halogens is 1. The molecular weight excluding hydrogens is 326 g/mol. The van der Waals surface area contributed by atoms with Crippen molar-refractivity contribution in [2.75, 3.05) is 12.3 Å². The molecule has 0 fully saturated rings. The monoisotopic (exact) mass is 341 g/mol. The SMILES string of the molecule is CCNC(CSc1ccccc1Br)c1cccs1. The molecule has 96 valence electrons. The average molecular weight is 342 g/mol. The molecule has 2 rings (SSSR count). The summed E-state index contributed by atoms with van der Waals surface area (Å²) in [6.45, 7) is 3.16. The van der Waals surface area contributed by atoms with E-state index in [1.807, 2.05) is 23.1 Å². The Morgan fingerprint density at radius 1 is 1.28 bits per heavy atom. The van der Waals surface area contributed by atoms with E-state index in [4.69, 9.17) is 0 Å². The van der Waals surface area contributed by atoms with Gasteiger partial charge in [-0.1, -0.05) is 25.1 Å². The van der Waals surface area contributed by atoms with Crippen LogP contribution in [0, 0.1) is 0 Å². The quantitative estimate of drug-likeness (QED) is 0.745. The van der Waals surface area contributed by atoms with Crippen LogP contribution in [0.2, 0.25) is 0 Å². The third kappa shape index (κ3) is 3.85. The maximum Gasteiger partial charge on any atom is 0.0510 e. The van der Waals surface area contributed by atoms with Crippen molar-refractivity contribution in [2.24, 2.45) is 0 Å². The smallest absolute Gasteiger partial charge is 0.0510 e. The first-order valence-electron chi connectivity index (χ1n) is 5.95. The van der Waals surface area contributed by atoms with Crippen LogP contribution in [0.3, 0.4) is 0 Å². The highest BCUT2D eigenvalue weighted by molar-refractivity contribution is 9.10. The molecule has 1 aromatic heterocycles.